The van der Waals surface area contributed by atoms with Crippen molar-refractivity contribution >= 4 is 11.9 Å². The van der Waals surface area contributed by atoms with E-state index in [1.54, 1.807) is 17.9 Å². The van der Waals surface area contributed by atoms with Gasteiger partial charge in [0, 0.05) is 26.0 Å². The summed E-state index contributed by atoms with van der Waals surface area (Å²) in [4.78, 5) is 15.5. The number of ether oxygens (including phenoxy) is 1. The molecule has 0 radical (unpaired) electrons. The summed E-state index contributed by atoms with van der Waals surface area (Å²) in [6.45, 7) is 6.29. The van der Waals surface area contributed by atoms with Crippen LogP contribution in [0.25, 0.3) is 5.95 Å². The van der Waals surface area contributed by atoms with Gasteiger partial charge in [0.05, 0.1) is 18.8 Å². The summed E-state index contributed by atoms with van der Waals surface area (Å²) in [6.07, 6.45) is 3.50. The fourth-order valence-corrected chi connectivity index (χ4v) is 2.31. The second-order valence-electron chi connectivity index (χ2n) is 5.48. The summed E-state index contributed by atoms with van der Waals surface area (Å²) in [5.41, 5.74) is -0.161. The first-order valence-corrected chi connectivity index (χ1v) is 6.89. The van der Waals surface area contributed by atoms with Crippen molar-refractivity contribution in [3.8, 4) is 5.95 Å². The van der Waals surface area contributed by atoms with Gasteiger partial charge >= 0.3 is 0 Å². The molecule has 0 bridgehead atoms. The molecule has 1 fully saturated rings. The number of aromatic nitrogens is 5. The molecule has 8 heteroatoms. The molecule has 8 nitrogen and oxygen atoms in total. The molecular formula is C13H19N7O. The van der Waals surface area contributed by atoms with Crippen LogP contribution in [0, 0.1) is 0 Å². The molecule has 0 atom stereocenters. The minimum Gasteiger partial charge on any atom is -0.377 e. The number of nitrogens with one attached hydrogen (secondary N) is 1. The lowest BCUT2D eigenvalue weighted by molar-refractivity contribution is 0.0633. The standard InChI is InChI=1S/C13H19N7O/c1-13(2)9-21-8-7-19(13)11-16-10(14-3)17-12(18-11)20-6-4-5-15-20/h4-6H,7-9H2,1-3H3,(H,14,16,17,18). The summed E-state index contributed by atoms with van der Waals surface area (Å²) in [5.74, 6) is 1.65. The average molecular weight is 289 g/mol. The molecule has 1 saturated heterocycles. The second kappa shape index (κ2) is 5.28. The highest BCUT2D eigenvalue weighted by molar-refractivity contribution is 5.42. The van der Waals surface area contributed by atoms with Gasteiger partial charge in [-0.2, -0.15) is 20.1 Å². The number of morpholine rings is 1. The molecular weight excluding hydrogens is 270 g/mol. The van der Waals surface area contributed by atoms with E-state index in [2.05, 4.69) is 44.1 Å². The van der Waals surface area contributed by atoms with E-state index in [4.69, 9.17) is 4.74 Å². The summed E-state index contributed by atoms with van der Waals surface area (Å²) in [7, 11) is 1.79. The van der Waals surface area contributed by atoms with Crippen molar-refractivity contribution in [2.45, 2.75) is 19.4 Å². The molecule has 0 aliphatic carbocycles. The number of hydrogen-bond acceptors (Lipinski definition) is 7. The van der Waals surface area contributed by atoms with Gasteiger partial charge in [-0.15, -0.1) is 0 Å². The topological polar surface area (TPSA) is 81.0 Å². The van der Waals surface area contributed by atoms with E-state index in [9.17, 15) is 0 Å². The van der Waals surface area contributed by atoms with Gasteiger partial charge in [0.15, 0.2) is 0 Å². The third-order valence-corrected chi connectivity index (χ3v) is 3.43. The van der Waals surface area contributed by atoms with E-state index in [0.717, 1.165) is 6.54 Å². The van der Waals surface area contributed by atoms with Crippen LogP contribution in [0.15, 0.2) is 18.5 Å². The molecule has 0 spiro atoms. The van der Waals surface area contributed by atoms with Gasteiger partial charge in [-0.05, 0) is 19.9 Å². The molecule has 3 heterocycles. The minimum absolute atomic E-state index is 0.161. The summed E-state index contributed by atoms with van der Waals surface area (Å²) in [5, 5.41) is 7.15. The molecule has 3 rings (SSSR count). The highest BCUT2D eigenvalue weighted by Gasteiger charge is 2.33. The second-order valence-corrected chi connectivity index (χ2v) is 5.48. The van der Waals surface area contributed by atoms with Crippen LogP contribution in [0.1, 0.15) is 13.8 Å². The minimum atomic E-state index is -0.161. The number of hydrogen-bond donors (Lipinski definition) is 1. The van der Waals surface area contributed by atoms with Crippen molar-refractivity contribution in [2.75, 3.05) is 37.0 Å². The summed E-state index contributed by atoms with van der Waals surface area (Å²) < 4.78 is 7.17. The van der Waals surface area contributed by atoms with Crippen LogP contribution in [0.3, 0.4) is 0 Å². The van der Waals surface area contributed by atoms with E-state index in [1.165, 1.54) is 0 Å². The third kappa shape index (κ3) is 2.66. The van der Waals surface area contributed by atoms with Gasteiger partial charge in [-0.1, -0.05) is 0 Å². The van der Waals surface area contributed by atoms with E-state index >= 15 is 0 Å². The molecule has 21 heavy (non-hydrogen) atoms. The zero-order valence-electron chi connectivity index (χ0n) is 12.4. The SMILES string of the molecule is CNc1nc(N2CCOCC2(C)C)nc(-n2cccn2)n1. The fourth-order valence-electron chi connectivity index (χ4n) is 2.31. The van der Waals surface area contributed by atoms with E-state index < -0.39 is 0 Å². The van der Waals surface area contributed by atoms with Gasteiger partial charge in [-0.3, -0.25) is 0 Å². The lowest BCUT2D eigenvalue weighted by Gasteiger charge is -2.42. The largest absolute Gasteiger partial charge is 0.377 e. The van der Waals surface area contributed by atoms with Crippen molar-refractivity contribution in [2.24, 2.45) is 0 Å². The number of anilines is 2. The first kappa shape index (κ1) is 13.7. The summed E-state index contributed by atoms with van der Waals surface area (Å²) in [6, 6.07) is 1.83. The number of rotatable bonds is 3. The zero-order valence-corrected chi connectivity index (χ0v) is 12.4. The van der Waals surface area contributed by atoms with Crippen LogP contribution in [-0.2, 0) is 4.74 Å². The van der Waals surface area contributed by atoms with Crippen LogP contribution in [0.4, 0.5) is 11.9 Å². The average Bonchev–Trinajstić information content (AvgIpc) is 3.00. The molecule has 2 aromatic heterocycles. The first-order valence-electron chi connectivity index (χ1n) is 6.89. The first-order chi connectivity index (χ1) is 10.1. The predicted octanol–water partition coefficient (Wildman–Crippen LogP) is 0.714. The molecule has 0 saturated carbocycles. The normalized spacial score (nSPS) is 17.8. The Morgan fingerprint density at radius 1 is 1.24 bits per heavy atom. The molecule has 0 aromatic carbocycles. The van der Waals surface area contributed by atoms with Crippen molar-refractivity contribution in [3.05, 3.63) is 18.5 Å². The van der Waals surface area contributed by atoms with E-state index in [0.29, 0.717) is 31.1 Å². The molecule has 1 aliphatic rings. The van der Waals surface area contributed by atoms with Crippen LogP contribution in [-0.4, -0.2) is 57.1 Å². The van der Waals surface area contributed by atoms with Gasteiger partial charge < -0.3 is 15.0 Å². The van der Waals surface area contributed by atoms with Gasteiger partial charge in [0.25, 0.3) is 5.95 Å². The maximum absolute atomic E-state index is 5.55. The Kier molecular flexibility index (Phi) is 3.46. The lowest BCUT2D eigenvalue weighted by atomic mass is 10.0. The van der Waals surface area contributed by atoms with Crippen LogP contribution < -0.4 is 10.2 Å². The van der Waals surface area contributed by atoms with Gasteiger partial charge in [-0.25, -0.2) is 4.68 Å². The lowest BCUT2D eigenvalue weighted by Crippen LogP contribution is -2.54. The molecule has 2 aromatic rings. The number of nitrogens with zero attached hydrogens (tertiary/aromatic N) is 6. The van der Waals surface area contributed by atoms with Crippen LogP contribution in [0.2, 0.25) is 0 Å². The molecule has 1 aliphatic heterocycles. The molecule has 112 valence electrons. The molecule has 0 amide bonds. The fraction of sp³-hybridized carbons (Fsp3) is 0.538. The highest BCUT2D eigenvalue weighted by atomic mass is 16.5. The Hall–Kier alpha value is -2.22. The zero-order chi connectivity index (χ0) is 14.9. The van der Waals surface area contributed by atoms with Crippen molar-refractivity contribution in [3.63, 3.8) is 0 Å². The predicted molar refractivity (Wildman–Crippen MR) is 78.7 cm³/mol. The van der Waals surface area contributed by atoms with Crippen molar-refractivity contribution in [1.82, 2.24) is 24.7 Å². The smallest absolute Gasteiger partial charge is 0.257 e. The van der Waals surface area contributed by atoms with Crippen LogP contribution in [0.5, 0.6) is 0 Å². The van der Waals surface area contributed by atoms with Crippen molar-refractivity contribution in [1.29, 1.82) is 0 Å². The van der Waals surface area contributed by atoms with Gasteiger partial charge in [0.2, 0.25) is 11.9 Å². The summed E-state index contributed by atoms with van der Waals surface area (Å²) >= 11 is 0. The van der Waals surface area contributed by atoms with Gasteiger partial charge in [0.1, 0.15) is 0 Å². The Morgan fingerprint density at radius 2 is 2.05 bits per heavy atom. The third-order valence-electron chi connectivity index (χ3n) is 3.43. The quantitative estimate of drug-likeness (QED) is 0.891. The van der Waals surface area contributed by atoms with Crippen molar-refractivity contribution < 1.29 is 4.74 Å². The Labute approximate surface area is 123 Å². The Morgan fingerprint density at radius 3 is 2.71 bits per heavy atom. The van der Waals surface area contributed by atoms with E-state index in [1.807, 2.05) is 12.3 Å². The van der Waals surface area contributed by atoms with E-state index in [-0.39, 0.29) is 5.54 Å². The molecule has 1 N–H and O–H groups in total. The highest BCUT2D eigenvalue weighted by Crippen LogP contribution is 2.25. The maximum Gasteiger partial charge on any atom is 0.257 e. The Bertz CT molecular complexity index is 611. The monoisotopic (exact) mass is 289 g/mol. The maximum atomic E-state index is 5.55. The van der Waals surface area contributed by atoms with Crippen LogP contribution >= 0.6 is 0 Å². The molecule has 0 unspecified atom stereocenters. The Balaban J connectivity index is 2.03.